The second-order valence-corrected chi connectivity index (χ2v) is 6.30. The second-order valence-electron chi connectivity index (χ2n) is 5.11. The van der Waals surface area contributed by atoms with Gasteiger partial charge in [-0.2, -0.15) is 0 Å². The van der Waals surface area contributed by atoms with Crippen LogP contribution in [-0.2, 0) is 11.8 Å². The summed E-state index contributed by atoms with van der Waals surface area (Å²) in [5, 5.41) is 5.30. The van der Waals surface area contributed by atoms with E-state index < -0.39 is 0 Å². The predicted octanol–water partition coefficient (Wildman–Crippen LogP) is 5.23. The summed E-state index contributed by atoms with van der Waals surface area (Å²) in [6, 6.07) is 30.3. The van der Waals surface area contributed by atoms with Crippen molar-refractivity contribution < 1.29 is 0 Å². The molecule has 1 heteroatoms. The maximum absolute atomic E-state index is 2.23. The van der Waals surface area contributed by atoms with Crippen LogP contribution in [0.15, 0.2) is 94.7 Å². The van der Waals surface area contributed by atoms with Crippen molar-refractivity contribution in [1.82, 2.24) is 0 Å². The average Bonchev–Trinajstić information content (AvgIpc) is 2.56. The van der Waals surface area contributed by atoms with E-state index in [0.29, 0.717) is 0 Å². The third-order valence-electron chi connectivity index (χ3n) is 3.77. The average molecular weight is 287 g/mol. The molecular formula is C20H15S+. The fourth-order valence-corrected chi connectivity index (χ4v) is 3.97. The largest absolute Gasteiger partial charge is 0.166 e. The molecule has 0 aromatic heterocycles. The van der Waals surface area contributed by atoms with Crippen molar-refractivity contribution in [1.29, 1.82) is 0 Å². The van der Waals surface area contributed by atoms with E-state index in [1.807, 2.05) is 0 Å². The summed E-state index contributed by atoms with van der Waals surface area (Å²) < 4.78 is 0. The van der Waals surface area contributed by atoms with Crippen LogP contribution in [0.25, 0.3) is 21.5 Å². The van der Waals surface area contributed by atoms with Gasteiger partial charge in [0.1, 0.15) is 0 Å². The first kappa shape index (κ1) is 12.5. The van der Waals surface area contributed by atoms with E-state index in [1.54, 1.807) is 0 Å². The van der Waals surface area contributed by atoms with Crippen molar-refractivity contribution in [2.45, 2.75) is 9.79 Å². The maximum atomic E-state index is 2.23. The van der Waals surface area contributed by atoms with Crippen LogP contribution in [0.4, 0.5) is 0 Å². The SMILES string of the molecule is c1ccc2c([SH+]c3cccc4ccccc34)cccc2c1. The molecule has 0 aliphatic rings. The molecule has 0 radical (unpaired) electrons. The Morgan fingerprint density at radius 2 is 0.857 bits per heavy atom. The molecule has 0 unspecified atom stereocenters. The van der Waals surface area contributed by atoms with Crippen LogP contribution >= 0.6 is 0 Å². The number of rotatable bonds is 2. The van der Waals surface area contributed by atoms with E-state index >= 15 is 0 Å². The maximum Gasteiger partial charge on any atom is 0.166 e. The van der Waals surface area contributed by atoms with Gasteiger partial charge in [0, 0.05) is 22.5 Å². The third kappa shape index (κ3) is 2.30. The van der Waals surface area contributed by atoms with Gasteiger partial charge in [0.25, 0.3) is 0 Å². The molecule has 0 N–H and O–H groups in total. The molecule has 0 saturated carbocycles. The summed E-state index contributed by atoms with van der Waals surface area (Å²) in [4.78, 5) is 2.73. The molecule has 100 valence electrons. The molecule has 0 heterocycles. The molecule has 21 heavy (non-hydrogen) atoms. The molecule has 4 aromatic rings. The van der Waals surface area contributed by atoms with E-state index in [4.69, 9.17) is 0 Å². The zero-order valence-corrected chi connectivity index (χ0v) is 12.4. The van der Waals surface area contributed by atoms with Gasteiger partial charge in [-0.3, -0.25) is 0 Å². The Kier molecular flexibility index (Phi) is 3.13. The van der Waals surface area contributed by atoms with Crippen molar-refractivity contribution in [3.05, 3.63) is 84.9 Å². The van der Waals surface area contributed by atoms with Gasteiger partial charge in [-0.1, -0.05) is 60.7 Å². The molecule has 4 rings (SSSR count). The number of thiol groups is 1. The van der Waals surface area contributed by atoms with Crippen LogP contribution in [0.3, 0.4) is 0 Å². The summed E-state index contributed by atoms with van der Waals surface area (Å²) in [7, 11) is 0. The minimum Gasteiger partial charge on any atom is -0.0616 e. The first-order chi connectivity index (χ1) is 10.4. The number of fused-ring (bicyclic) bond motifs is 2. The predicted molar refractivity (Wildman–Crippen MR) is 93.2 cm³/mol. The normalized spacial score (nSPS) is 11.0. The van der Waals surface area contributed by atoms with Crippen LogP contribution in [0.2, 0.25) is 0 Å². The summed E-state index contributed by atoms with van der Waals surface area (Å²) in [6.07, 6.45) is 0. The Morgan fingerprint density at radius 1 is 0.429 bits per heavy atom. The molecule has 0 bridgehead atoms. The Hall–Kier alpha value is -2.25. The van der Waals surface area contributed by atoms with Gasteiger partial charge in [-0.25, -0.2) is 0 Å². The lowest BCUT2D eigenvalue weighted by molar-refractivity contribution is 1.48. The van der Waals surface area contributed by atoms with Crippen LogP contribution in [0.1, 0.15) is 0 Å². The minimum absolute atomic E-state index is 1.27. The Bertz CT molecular complexity index is 837. The summed E-state index contributed by atoms with van der Waals surface area (Å²) in [6.45, 7) is 0. The fourth-order valence-electron chi connectivity index (χ4n) is 2.74. The zero-order chi connectivity index (χ0) is 14.1. The van der Waals surface area contributed by atoms with Gasteiger partial charge in [-0.15, -0.1) is 0 Å². The van der Waals surface area contributed by atoms with E-state index in [2.05, 4.69) is 84.9 Å². The molecule has 0 amide bonds. The van der Waals surface area contributed by atoms with Crippen LogP contribution < -0.4 is 0 Å². The first-order valence-electron chi connectivity index (χ1n) is 7.09. The highest BCUT2D eigenvalue weighted by molar-refractivity contribution is 7.79. The molecule has 0 spiro atoms. The van der Waals surface area contributed by atoms with Gasteiger partial charge in [0.2, 0.25) is 0 Å². The molecular weight excluding hydrogens is 272 g/mol. The van der Waals surface area contributed by atoms with Gasteiger partial charge in [0.15, 0.2) is 9.79 Å². The molecule has 0 saturated heterocycles. The lowest BCUT2D eigenvalue weighted by Crippen LogP contribution is -1.88. The zero-order valence-electron chi connectivity index (χ0n) is 11.5. The third-order valence-corrected chi connectivity index (χ3v) is 5.04. The Labute approximate surface area is 128 Å². The molecule has 4 aromatic carbocycles. The van der Waals surface area contributed by atoms with E-state index in [-0.39, 0.29) is 0 Å². The van der Waals surface area contributed by atoms with E-state index in [0.717, 1.165) is 0 Å². The van der Waals surface area contributed by atoms with Crippen molar-refractivity contribution >= 4 is 33.3 Å². The lowest BCUT2D eigenvalue weighted by Gasteiger charge is -2.02. The summed E-state index contributed by atoms with van der Waals surface area (Å²) in [5.41, 5.74) is 0. The van der Waals surface area contributed by atoms with E-state index in [1.165, 1.54) is 43.1 Å². The number of hydrogen-bond donors (Lipinski definition) is 0. The monoisotopic (exact) mass is 287 g/mol. The van der Waals surface area contributed by atoms with Gasteiger partial charge >= 0.3 is 0 Å². The first-order valence-corrected chi connectivity index (χ1v) is 7.98. The van der Waals surface area contributed by atoms with Gasteiger partial charge in [0.05, 0.1) is 0 Å². The summed E-state index contributed by atoms with van der Waals surface area (Å²) in [5.74, 6) is 0. The molecule has 0 aliphatic heterocycles. The highest BCUT2D eigenvalue weighted by Gasteiger charge is 2.13. The highest BCUT2D eigenvalue weighted by Crippen LogP contribution is 2.27. The number of hydrogen-bond acceptors (Lipinski definition) is 0. The topological polar surface area (TPSA) is 0 Å². The highest BCUT2D eigenvalue weighted by atomic mass is 32.2. The van der Waals surface area contributed by atoms with Gasteiger partial charge < -0.3 is 0 Å². The van der Waals surface area contributed by atoms with Crippen molar-refractivity contribution in [3.63, 3.8) is 0 Å². The Morgan fingerprint density at radius 3 is 1.38 bits per heavy atom. The van der Waals surface area contributed by atoms with Crippen LogP contribution in [-0.4, -0.2) is 0 Å². The summed E-state index contributed by atoms with van der Waals surface area (Å²) >= 11 is 1.27. The van der Waals surface area contributed by atoms with Crippen LogP contribution in [0, 0.1) is 0 Å². The molecule has 0 nitrogen and oxygen atoms in total. The number of benzene rings is 4. The molecule has 0 atom stereocenters. The smallest absolute Gasteiger partial charge is 0.0616 e. The molecule has 0 fully saturated rings. The van der Waals surface area contributed by atoms with Crippen molar-refractivity contribution in [3.8, 4) is 0 Å². The van der Waals surface area contributed by atoms with Crippen LogP contribution in [0.5, 0.6) is 0 Å². The quantitative estimate of drug-likeness (QED) is 0.350. The van der Waals surface area contributed by atoms with E-state index in [9.17, 15) is 0 Å². The lowest BCUT2D eigenvalue weighted by atomic mass is 10.1. The van der Waals surface area contributed by atoms with Crippen molar-refractivity contribution in [2.24, 2.45) is 0 Å². The van der Waals surface area contributed by atoms with Crippen molar-refractivity contribution in [2.75, 3.05) is 0 Å². The second kappa shape index (κ2) is 5.27. The minimum atomic E-state index is 1.27. The fraction of sp³-hybridized carbons (Fsp3) is 0. The standard InChI is InChI=1S/C20H14S/c1-3-11-17-15(7-1)9-5-13-19(17)21-20-14-6-10-16-8-2-4-12-18(16)20/h1-14H/p+1. The van der Waals surface area contributed by atoms with Gasteiger partial charge in [-0.05, 0) is 35.0 Å². The Balaban J connectivity index is 1.87. The molecule has 0 aliphatic carbocycles.